The highest BCUT2D eigenvalue weighted by Gasteiger charge is 2.44. The van der Waals surface area contributed by atoms with E-state index in [1.165, 1.54) is 5.69 Å². The van der Waals surface area contributed by atoms with Gasteiger partial charge in [-0.3, -0.25) is 14.5 Å². The van der Waals surface area contributed by atoms with E-state index in [0.29, 0.717) is 6.54 Å². The van der Waals surface area contributed by atoms with E-state index in [4.69, 9.17) is 4.74 Å². The topological polar surface area (TPSA) is 74.6 Å². The van der Waals surface area contributed by atoms with Gasteiger partial charge in [0, 0.05) is 30.9 Å². The van der Waals surface area contributed by atoms with Crippen molar-refractivity contribution in [1.29, 1.82) is 0 Å². The van der Waals surface area contributed by atoms with Crippen molar-refractivity contribution in [2.75, 3.05) is 51.5 Å². The van der Waals surface area contributed by atoms with Crippen LogP contribution >= 0.6 is 0 Å². The fourth-order valence-corrected chi connectivity index (χ4v) is 3.29. The standard InChI is InChI=1S/C18H24N4O4/c1-3-21-16(23)17(24)22(18(21)25)13-19(2)12-14-4-6-15(7-5-14)20-8-10-26-11-9-20/h4-7H,3,8-13H2,1-2H3/p+1. The molecule has 0 aliphatic carbocycles. The van der Waals surface area contributed by atoms with E-state index >= 15 is 0 Å². The second-order valence-corrected chi connectivity index (χ2v) is 6.62. The van der Waals surface area contributed by atoms with Crippen LogP contribution < -0.4 is 9.80 Å². The zero-order valence-corrected chi connectivity index (χ0v) is 15.2. The average Bonchev–Trinajstić information content (AvgIpc) is 2.86. The van der Waals surface area contributed by atoms with Gasteiger partial charge in [-0.2, -0.15) is 0 Å². The SMILES string of the molecule is CCN1C(=O)C(=O)N(C[NH+](C)Cc2ccc(N3CCOCC3)cc2)C1=O. The van der Waals surface area contributed by atoms with Crippen LogP contribution in [0, 0.1) is 0 Å². The first-order valence-corrected chi connectivity index (χ1v) is 8.91. The zero-order valence-electron chi connectivity index (χ0n) is 15.2. The number of imide groups is 2. The van der Waals surface area contributed by atoms with E-state index in [1.54, 1.807) is 6.92 Å². The minimum atomic E-state index is -0.737. The lowest BCUT2D eigenvalue weighted by molar-refractivity contribution is -0.901. The van der Waals surface area contributed by atoms with E-state index in [2.05, 4.69) is 29.2 Å². The number of anilines is 1. The first kappa shape index (κ1) is 18.3. The number of nitrogens with one attached hydrogen (secondary N) is 1. The van der Waals surface area contributed by atoms with Crippen LogP contribution in [-0.2, 0) is 20.9 Å². The number of amides is 4. The summed E-state index contributed by atoms with van der Waals surface area (Å²) < 4.78 is 5.37. The predicted molar refractivity (Wildman–Crippen MR) is 94.6 cm³/mol. The fourth-order valence-electron chi connectivity index (χ4n) is 3.29. The van der Waals surface area contributed by atoms with Gasteiger partial charge in [0.05, 0.1) is 20.3 Å². The molecule has 8 nitrogen and oxygen atoms in total. The minimum absolute atomic E-state index is 0.172. The maximum Gasteiger partial charge on any atom is 0.338 e. The van der Waals surface area contributed by atoms with E-state index in [0.717, 1.165) is 46.6 Å². The van der Waals surface area contributed by atoms with Gasteiger partial charge in [0.25, 0.3) is 0 Å². The number of carbonyl (C=O) groups excluding carboxylic acids is 3. The van der Waals surface area contributed by atoms with Crippen LogP contribution in [-0.4, -0.2) is 74.2 Å². The van der Waals surface area contributed by atoms with Gasteiger partial charge >= 0.3 is 17.8 Å². The number of likely N-dealkylation sites (N-methyl/N-ethyl adjacent to an activating group) is 1. The summed E-state index contributed by atoms with van der Waals surface area (Å²) in [5, 5.41) is 0. The highest BCUT2D eigenvalue weighted by molar-refractivity contribution is 6.44. The summed E-state index contributed by atoms with van der Waals surface area (Å²) in [7, 11) is 1.90. The number of carbonyl (C=O) groups is 3. The lowest BCUT2D eigenvalue weighted by atomic mass is 10.2. The van der Waals surface area contributed by atoms with Crippen LogP contribution in [0.4, 0.5) is 10.5 Å². The van der Waals surface area contributed by atoms with Crippen molar-refractivity contribution in [2.24, 2.45) is 0 Å². The summed E-state index contributed by atoms with van der Waals surface area (Å²) in [5.41, 5.74) is 2.28. The molecule has 0 saturated carbocycles. The largest absolute Gasteiger partial charge is 0.378 e. The second-order valence-electron chi connectivity index (χ2n) is 6.62. The molecule has 1 unspecified atom stereocenters. The molecule has 1 aromatic carbocycles. The van der Waals surface area contributed by atoms with Crippen LogP contribution in [0.15, 0.2) is 24.3 Å². The first-order chi connectivity index (χ1) is 12.5. The number of urea groups is 1. The quantitative estimate of drug-likeness (QED) is 0.536. The highest BCUT2D eigenvalue weighted by atomic mass is 16.5. The Morgan fingerprint density at radius 2 is 1.62 bits per heavy atom. The summed E-state index contributed by atoms with van der Waals surface area (Å²) in [6, 6.07) is 7.77. The molecular formula is C18H25N4O4+. The highest BCUT2D eigenvalue weighted by Crippen LogP contribution is 2.16. The molecule has 8 heteroatoms. The Morgan fingerprint density at radius 1 is 1.00 bits per heavy atom. The molecule has 2 aliphatic rings. The third-order valence-electron chi connectivity index (χ3n) is 4.70. The monoisotopic (exact) mass is 361 g/mol. The van der Waals surface area contributed by atoms with Crippen molar-refractivity contribution < 1.29 is 24.0 Å². The maximum atomic E-state index is 12.1. The van der Waals surface area contributed by atoms with Gasteiger partial charge in [0.2, 0.25) is 0 Å². The minimum Gasteiger partial charge on any atom is -0.378 e. The van der Waals surface area contributed by atoms with Crippen molar-refractivity contribution in [3.8, 4) is 0 Å². The Labute approximate surface area is 152 Å². The third kappa shape index (κ3) is 3.71. The molecule has 2 saturated heterocycles. The molecule has 0 spiro atoms. The zero-order chi connectivity index (χ0) is 18.7. The predicted octanol–water partition coefficient (Wildman–Crippen LogP) is -0.694. The van der Waals surface area contributed by atoms with Gasteiger partial charge in [-0.05, 0) is 19.1 Å². The van der Waals surface area contributed by atoms with Crippen LogP contribution in [0.1, 0.15) is 12.5 Å². The van der Waals surface area contributed by atoms with Crippen molar-refractivity contribution in [3.05, 3.63) is 29.8 Å². The maximum absolute atomic E-state index is 12.1. The molecule has 0 radical (unpaired) electrons. The number of rotatable bonds is 6. The molecule has 1 N–H and O–H groups in total. The second kappa shape index (κ2) is 7.84. The molecule has 1 atom stereocenters. The molecule has 2 heterocycles. The lowest BCUT2D eigenvalue weighted by Gasteiger charge is -2.29. The smallest absolute Gasteiger partial charge is 0.338 e. The van der Waals surface area contributed by atoms with Gasteiger partial charge < -0.3 is 14.5 Å². The van der Waals surface area contributed by atoms with Crippen LogP contribution in [0.25, 0.3) is 0 Å². The van der Waals surface area contributed by atoms with Gasteiger partial charge in [-0.25, -0.2) is 9.69 Å². The molecule has 1 aromatic rings. The molecule has 4 amide bonds. The third-order valence-corrected chi connectivity index (χ3v) is 4.70. The normalized spacial score (nSPS) is 19.5. The first-order valence-electron chi connectivity index (χ1n) is 8.91. The van der Waals surface area contributed by atoms with E-state index in [1.807, 2.05) is 7.05 Å². The molecule has 26 heavy (non-hydrogen) atoms. The molecule has 2 fully saturated rings. The summed E-state index contributed by atoms with van der Waals surface area (Å²) in [4.78, 5) is 41.2. The summed E-state index contributed by atoms with van der Waals surface area (Å²) in [6.45, 7) is 6.00. The van der Waals surface area contributed by atoms with Gasteiger partial charge in [-0.1, -0.05) is 12.1 Å². The Balaban J connectivity index is 1.58. The Hall–Kier alpha value is -2.45. The number of ether oxygens (including phenoxy) is 1. The van der Waals surface area contributed by atoms with Gasteiger partial charge in [0.15, 0.2) is 6.67 Å². The van der Waals surface area contributed by atoms with Crippen LogP contribution in [0.2, 0.25) is 0 Å². The van der Waals surface area contributed by atoms with Crippen molar-refractivity contribution >= 4 is 23.5 Å². The summed E-state index contributed by atoms with van der Waals surface area (Å²) in [6.07, 6.45) is 0. The number of nitrogens with zero attached hydrogens (tertiary/aromatic N) is 3. The fraction of sp³-hybridized carbons (Fsp3) is 0.500. The van der Waals surface area contributed by atoms with Crippen molar-refractivity contribution in [1.82, 2.24) is 9.80 Å². The van der Waals surface area contributed by atoms with E-state index in [-0.39, 0.29) is 13.2 Å². The molecule has 140 valence electrons. The number of hydrogen-bond acceptors (Lipinski definition) is 5. The van der Waals surface area contributed by atoms with E-state index in [9.17, 15) is 14.4 Å². The molecule has 0 aromatic heterocycles. The summed E-state index contributed by atoms with van der Waals surface area (Å²) >= 11 is 0. The summed E-state index contributed by atoms with van der Waals surface area (Å²) in [5.74, 6) is -1.47. The Kier molecular flexibility index (Phi) is 5.53. The van der Waals surface area contributed by atoms with Gasteiger partial charge in [-0.15, -0.1) is 0 Å². The molecule has 3 rings (SSSR count). The number of benzene rings is 1. The van der Waals surface area contributed by atoms with E-state index < -0.39 is 17.8 Å². The molecule has 0 bridgehead atoms. The number of morpholine rings is 1. The Bertz CT molecular complexity index is 685. The Morgan fingerprint density at radius 3 is 2.19 bits per heavy atom. The molecular weight excluding hydrogens is 336 g/mol. The lowest BCUT2D eigenvalue weighted by Crippen LogP contribution is -3.09. The van der Waals surface area contributed by atoms with Crippen molar-refractivity contribution in [3.63, 3.8) is 0 Å². The van der Waals surface area contributed by atoms with Gasteiger partial charge in [0.1, 0.15) is 6.54 Å². The number of hydrogen-bond donors (Lipinski definition) is 1. The number of quaternary nitrogens is 1. The molecule has 2 aliphatic heterocycles. The van der Waals surface area contributed by atoms with Crippen LogP contribution in [0.5, 0.6) is 0 Å². The average molecular weight is 361 g/mol. The van der Waals surface area contributed by atoms with Crippen molar-refractivity contribution in [2.45, 2.75) is 13.5 Å². The van der Waals surface area contributed by atoms with Crippen LogP contribution in [0.3, 0.4) is 0 Å².